The Morgan fingerprint density at radius 3 is 2.89 bits per heavy atom. The molecule has 2 aromatic rings. The Morgan fingerprint density at radius 1 is 1.39 bits per heavy atom. The van der Waals surface area contributed by atoms with E-state index in [1.807, 2.05) is 31.2 Å². The van der Waals surface area contributed by atoms with Crippen molar-refractivity contribution in [1.29, 1.82) is 0 Å². The molecule has 1 aromatic carbocycles. The summed E-state index contributed by atoms with van der Waals surface area (Å²) in [6.45, 7) is 1.89. The summed E-state index contributed by atoms with van der Waals surface area (Å²) in [5.41, 5.74) is 1.44. The minimum Gasteiger partial charge on any atom is -0.324 e. The van der Waals surface area contributed by atoms with Crippen molar-refractivity contribution in [2.75, 3.05) is 5.32 Å². The van der Waals surface area contributed by atoms with E-state index in [-0.39, 0.29) is 18.0 Å². The Balaban J connectivity index is 2.09. The summed E-state index contributed by atoms with van der Waals surface area (Å²) in [5.74, 6) is -0.238. The molecule has 0 bridgehead atoms. The highest BCUT2D eigenvalue weighted by Crippen LogP contribution is 2.12. The van der Waals surface area contributed by atoms with Gasteiger partial charge in [0.1, 0.15) is 6.54 Å². The van der Waals surface area contributed by atoms with Gasteiger partial charge in [-0.05, 0) is 18.6 Å². The van der Waals surface area contributed by atoms with Gasteiger partial charge < -0.3 is 9.88 Å². The van der Waals surface area contributed by atoms with Gasteiger partial charge in [-0.1, -0.05) is 18.2 Å². The van der Waals surface area contributed by atoms with Gasteiger partial charge in [-0.3, -0.25) is 14.6 Å². The number of hydrogen-bond acceptors (Lipinski definition) is 3. The molecule has 0 fully saturated rings. The van der Waals surface area contributed by atoms with Gasteiger partial charge in [0.15, 0.2) is 0 Å². The number of benzene rings is 1. The topological polar surface area (TPSA) is 64.0 Å². The summed E-state index contributed by atoms with van der Waals surface area (Å²) in [6, 6.07) is 7.48. The second-order valence-corrected chi connectivity index (χ2v) is 3.91. The smallest absolute Gasteiger partial charge is 0.269 e. The van der Waals surface area contributed by atoms with Crippen molar-refractivity contribution in [1.82, 2.24) is 9.55 Å². The average molecular weight is 243 g/mol. The first-order valence-corrected chi connectivity index (χ1v) is 5.53. The van der Waals surface area contributed by atoms with Gasteiger partial charge in [-0.15, -0.1) is 0 Å². The second-order valence-electron chi connectivity index (χ2n) is 3.91. The Bertz CT molecular complexity index is 619. The number of amides is 1. The fourth-order valence-corrected chi connectivity index (χ4v) is 1.56. The van der Waals surface area contributed by atoms with Crippen molar-refractivity contribution in [3.8, 4) is 0 Å². The van der Waals surface area contributed by atoms with E-state index >= 15 is 0 Å². The third-order valence-corrected chi connectivity index (χ3v) is 2.53. The van der Waals surface area contributed by atoms with Gasteiger partial charge in [-0.2, -0.15) is 0 Å². The number of nitrogens with one attached hydrogen (secondary N) is 1. The first-order chi connectivity index (χ1) is 8.66. The minimum atomic E-state index is -0.294. The standard InChI is InChI=1S/C13H13N3O2/c1-10-4-2-3-5-11(10)15-12(17)9-16-7-6-14-8-13(16)18/h2-8H,9H2,1H3,(H,15,17). The maximum Gasteiger partial charge on any atom is 0.269 e. The Kier molecular flexibility index (Phi) is 3.52. The number of aromatic nitrogens is 2. The second kappa shape index (κ2) is 5.27. The molecule has 0 atom stereocenters. The Labute approximate surface area is 104 Å². The van der Waals surface area contributed by atoms with E-state index in [9.17, 15) is 9.59 Å². The number of carbonyl (C=O) groups is 1. The predicted molar refractivity (Wildman–Crippen MR) is 68.3 cm³/mol. The van der Waals surface area contributed by atoms with E-state index < -0.39 is 0 Å². The minimum absolute atomic E-state index is 0.0182. The molecular formula is C13H13N3O2. The largest absolute Gasteiger partial charge is 0.324 e. The van der Waals surface area contributed by atoms with Crippen LogP contribution >= 0.6 is 0 Å². The van der Waals surface area contributed by atoms with Crippen LogP contribution in [-0.2, 0) is 11.3 Å². The number of nitrogens with zero attached hydrogens (tertiary/aromatic N) is 2. The van der Waals surface area contributed by atoms with Crippen LogP contribution < -0.4 is 10.9 Å². The summed E-state index contributed by atoms with van der Waals surface area (Å²) in [7, 11) is 0. The number of aryl methyl sites for hydroxylation is 1. The predicted octanol–water partition coefficient (Wildman–Crippen LogP) is 1.19. The molecule has 1 aromatic heterocycles. The number of rotatable bonds is 3. The molecule has 5 nitrogen and oxygen atoms in total. The number of hydrogen-bond donors (Lipinski definition) is 1. The van der Waals surface area contributed by atoms with Crippen LogP contribution in [0.2, 0.25) is 0 Å². The molecule has 0 aliphatic heterocycles. The van der Waals surface area contributed by atoms with Crippen molar-refractivity contribution in [3.63, 3.8) is 0 Å². The normalized spacial score (nSPS) is 10.1. The van der Waals surface area contributed by atoms with E-state index in [0.29, 0.717) is 0 Å². The molecular weight excluding hydrogens is 230 g/mol. The van der Waals surface area contributed by atoms with Gasteiger partial charge in [0.05, 0.1) is 6.20 Å². The molecule has 0 aliphatic carbocycles. The molecule has 0 unspecified atom stereocenters. The monoisotopic (exact) mass is 243 g/mol. The fraction of sp³-hybridized carbons (Fsp3) is 0.154. The zero-order chi connectivity index (χ0) is 13.0. The Hall–Kier alpha value is -2.43. The van der Waals surface area contributed by atoms with Crippen LogP contribution in [0.5, 0.6) is 0 Å². The van der Waals surface area contributed by atoms with Gasteiger partial charge in [-0.25, -0.2) is 0 Å². The lowest BCUT2D eigenvalue weighted by Gasteiger charge is -2.08. The van der Waals surface area contributed by atoms with Gasteiger partial charge in [0.25, 0.3) is 5.56 Å². The summed E-state index contributed by atoms with van der Waals surface area (Å²) in [5, 5.41) is 2.77. The van der Waals surface area contributed by atoms with Gasteiger partial charge >= 0.3 is 0 Å². The first-order valence-electron chi connectivity index (χ1n) is 5.53. The number of anilines is 1. The summed E-state index contributed by atoms with van der Waals surface area (Å²) in [4.78, 5) is 26.9. The van der Waals surface area contributed by atoms with Crippen molar-refractivity contribution in [2.45, 2.75) is 13.5 Å². The molecule has 0 radical (unpaired) electrons. The first kappa shape index (κ1) is 12.0. The zero-order valence-corrected chi connectivity index (χ0v) is 9.96. The molecule has 92 valence electrons. The van der Waals surface area contributed by atoms with Crippen LogP contribution in [-0.4, -0.2) is 15.5 Å². The molecule has 5 heteroatoms. The third kappa shape index (κ3) is 2.82. The molecule has 2 rings (SSSR count). The lowest BCUT2D eigenvalue weighted by Crippen LogP contribution is -2.27. The van der Waals surface area contributed by atoms with E-state index in [0.717, 1.165) is 11.3 Å². The van der Waals surface area contributed by atoms with E-state index in [4.69, 9.17) is 0 Å². The highest BCUT2D eigenvalue weighted by atomic mass is 16.2. The molecule has 0 aliphatic rings. The summed E-state index contributed by atoms with van der Waals surface area (Å²) < 4.78 is 1.31. The molecule has 1 N–H and O–H groups in total. The van der Waals surface area contributed by atoms with Gasteiger partial charge in [0.2, 0.25) is 5.91 Å². The van der Waals surface area contributed by atoms with Crippen molar-refractivity contribution in [2.24, 2.45) is 0 Å². The van der Waals surface area contributed by atoms with Crippen LogP contribution in [0.4, 0.5) is 5.69 Å². The number of carbonyl (C=O) groups excluding carboxylic acids is 1. The molecule has 1 amide bonds. The molecule has 0 spiro atoms. The molecule has 0 saturated carbocycles. The van der Waals surface area contributed by atoms with E-state index in [2.05, 4.69) is 10.3 Å². The lowest BCUT2D eigenvalue weighted by molar-refractivity contribution is -0.116. The summed E-state index contributed by atoms with van der Waals surface area (Å²) in [6.07, 6.45) is 4.14. The molecule has 1 heterocycles. The van der Waals surface area contributed by atoms with E-state index in [1.54, 1.807) is 0 Å². The quantitative estimate of drug-likeness (QED) is 0.880. The van der Waals surface area contributed by atoms with Crippen LogP contribution in [0.15, 0.2) is 47.7 Å². The Morgan fingerprint density at radius 2 is 2.17 bits per heavy atom. The zero-order valence-electron chi connectivity index (χ0n) is 9.96. The van der Waals surface area contributed by atoms with Crippen LogP contribution in [0.1, 0.15) is 5.56 Å². The maximum absolute atomic E-state index is 11.8. The highest BCUT2D eigenvalue weighted by Gasteiger charge is 2.05. The van der Waals surface area contributed by atoms with Crippen LogP contribution in [0, 0.1) is 6.92 Å². The third-order valence-electron chi connectivity index (χ3n) is 2.53. The average Bonchev–Trinajstić information content (AvgIpc) is 2.35. The SMILES string of the molecule is Cc1ccccc1NC(=O)Cn1ccncc1=O. The maximum atomic E-state index is 11.8. The molecule has 18 heavy (non-hydrogen) atoms. The van der Waals surface area contributed by atoms with Gasteiger partial charge in [0, 0.05) is 18.1 Å². The number of para-hydroxylation sites is 1. The fourth-order valence-electron chi connectivity index (χ4n) is 1.56. The van der Waals surface area contributed by atoms with E-state index in [1.165, 1.54) is 23.2 Å². The molecule has 0 saturated heterocycles. The lowest BCUT2D eigenvalue weighted by atomic mass is 10.2. The van der Waals surface area contributed by atoms with Crippen molar-refractivity contribution in [3.05, 3.63) is 58.8 Å². The highest BCUT2D eigenvalue weighted by molar-refractivity contribution is 5.91. The summed E-state index contributed by atoms with van der Waals surface area (Å²) >= 11 is 0. The van der Waals surface area contributed by atoms with Crippen molar-refractivity contribution < 1.29 is 4.79 Å². The van der Waals surface area contributed by atoms with Crippen molar-refractivity contribution >= 4 is 11.6 Å². The van der Waals surface area contributed by atoms with Crippen LogP contribution in [0.25, 0.3) is 0 Å². The van der Waals surface area contributed by atoms with Crippen LogP contribution in [0.3, 0.4) is 0 Å².